The molecule has 0 aliphatic rings. The molecule has 0 aliphatic heterocycles. The molecule has 2 heterocycles. The van der Waals surface area contributed by atoms with Gasteiger partial charge in [-0.15, -0.1) is 0 Å². The number of aromatic nitrogens is 1. The van der Waals surface area contributed by atoms with Gasteiger partial charge in [-0.25, -0.2) is 0 Å². The molecule has 0 atom stereocenters. The van der Waals surface area contributed by atoms with Crippen molar-refractivity contribution >= 4 is 34.3 Å². The van der Waals surface area contributed by atoms with Crippen LogP contribution in [0.2, 0.25) is 5.02 Å². The van der Waals surface area contributed by atoms with Gasteiger partial charge in [0.1, 0.15) is 5.76 Å². The highest BCUT2D eigenvalue weighted by Crippen LogP contribution is 2.28. The highest BCUT2D eigenvalue weighted by Gasteiger charge is 2.19. The number of rotatable bonds is 5. The van der Waals surface area contributed by atoms with Crippen LogP contribution in [0.1, 0.15) is 21.6 Å². The third-order valence-electron chi connectivity index (χ3n) is 4.37. The van der Waals surface area contributed by atoms with Crippen molar-refractivity contribution < 1.29 is 19.1 Å². The van der Waals surface area contributed by atoms with Crippen LogP contribution in [-0.2, 0) is 11.2 Å². The van der Waals surface area contributed by atoms with Crippen LogP contribution >= 0.6 is 11.6 Å². The molecular weight excluding hydrogens is 366 g/mol. The highest BCUT2D eigenvalue weighted by atomic mass is 35.5. The van der Waals surface area contributed by atoms with Crippen LogP contribution in [-0.4, -0.2) is 16.7 Å². The first-order valence-electron chi connectivity index (χ1n) is 8.21. The second kappa shape index (κ2) is 6.78. The van der Waals surface area contributed by atoms with E-state index in [-0.39, 0.29) is 17.9 Å². The van der Waals surface area contributed by atoms with Crippen molar-refractivity contribution in [2.45, 2.75) is 6.42 Å². The van der Waals surface area contributed by atoms with E-state index in [0.29, 0.717) is 32.8 Å². The van der Waals surface area contributed by atoms with Crippen molar-refractivity contribution in [2.75, 3.05) is 0 Å². The fourth-order valence-electron chi connectivity index (χ4n) is 3.12. The maximum absolute atomic E-state index is 13.0. The number of furan rings is 1. The number of benzene rings is 2. The van der Waals surface area contributed by atoms with Gasteiger partial charge in [0.25, 0.3) is 0 Å². The molecule has 0 amide bonds. The molecule has 134 valence electrons. The lowest BCUT2D eigenvalue weighted by Crippen LogP contribution is -2.25. The van der Waals surface area contributed by atoms with Crippen molar-refractivity contribution in [3.05, 3.63) is 82.7 Å². The van der Waals surface area contributed by atoms with E-state index in [4.69, 9.17) is 16.0 Å². The summed E-state index contributed by atoms with van der Waals surface area (Å²) in [6.45, 7) is 0. The van der Waals surface area contributed by atoms with E-state index in [1.165, 1.54) is 0 Å². The molecule has 6 heteroatoms. The summed E-state index contributed by atoms with van der Waals surface area (Å²) in [7, 11) is 0. The maximum Gasteiger partial charge on any atom is 0.209 e. The van der Waals surface area contributed by atoms with E-state index >= 15 is 0 Å². The Labute approximate surface area is 159 Å². The van der Waals surface area contributed by atoms with Gasteiger partial charge < -0.3 is 19.3 Å². The molecule has 2 aromatic heterocycles. The maximum atomic E-state index is 13.0. The van der Waals surface area contributed by atoms with Crippen LogP contribution in [0.25, 0.3) is 22.2 Å². The van der Waals surface area contributed by atoms with Crippen LogP contribution in [0.5, 0.6) is 0 Å². The van der Waals surface area contributed by atoms with Crippen LogP contribution in [0.3, 0.4) is 0 Å². The minimum Gasteiger partial charge on any atom is -0.550 e. The van der Waals surface area contributed by atoms with Gasteiger partial charge in [-0.3, -0.25) is 4.79 Å². The number of carboxylic acids is 1. The molecule has 4 aromatic rings. The standard InChI is InChI=1S/C21H14ClNO4/c22-14-7-8-15-16(11-19(24)25)20(23-17(15)10-14)21(26)13-5-3-12(4-6-13)18-2-1-9-27-18/h1-10,23H,11H2,(H,24,25)/p-1. The van der Waals surface area contributed by atoms with E-state index in [2.05, 4.69) is 4.98 Å². The number of carbonyl (C=O) groups is 2. The van der Waals surface area contributed by atoms with Gasteiger partial charge >= 0.3 is 0 Å². The second-order valence-corrected chi connectivity index (χ2v) is 6.54. The van der Waals surface area contributed by atoms with Crippen LogP contribution in [0.15, 0.2) is 65.3 Å². The first-order chi connectivity index (χ1) is 13.0. The monoisotopic (exact) mass is 378 g/mol. The van der Waals surface area contributed by atoms with Crippen molar-refractivity contribution in [3.63, 3.8) is 0 Å². The Morgan fingerprint density at radius 1 is 1.07 bits per heavy atom. The van der Waals surface area contributed by atoms with E-state index in [0.717, 1.165) is 5.56 Å². The summed E-state index contributed by atoms with van der Waals surface area (Å²) in [5, 5.41) is 12.3. The topological polar surface area (TPSA) is 86.1 Å². The van der Waals surface area contributed by atoms with Crippen molar-refractivity contribution in [1.29, 1.82) is 0 Å². The smallest absolute Gasteiger partial charge is 0.209 e. The first-order valence-corrected chi connectivity index (χ1v) is 8.59. The zero-order chi connectivity index (χ0) is 19.0. The molecule has 0 spiro atoms. The summed E-state index contributed by atoms with van der Waals surface area (Å²) < 4.78 is 5.34. The number of ketones is 1. The van der Waals surface area contributed by atoms with Crippen LogP contribution in [0.4, 0.5) is 0 Å². The highest BCUT2D eigenvalue weighted by molar-refractivity contribution is 6.31. The molecule has 0 radical (unpaired) electrons. The lowest BCUT2D eigenvalue weighted by atomic mass is 10.00. The minimum atomic E-state index is -1.26. The molecule has 0 fully saturated rings. The molecular formula is C21H13ClNO4-. The van der Waals surface area contributed by atoms with Crippen molar-refractivity contribution in [3.8, 4) is 11.3 Å². The van der Waals surface area contributed by atoms with Gasteiger partial charge in [0.05, 0.1) is 12.0 Å². The summed E-state index contributed by atoms with van der Waals surface area (Å²) in [6.07, 6.45) is 1.21. The molecule has 1 N–H and O–H groups in total. The fourth-order valence-corrected chi connectivity index (χ4v) is 3.29. The summed E-state index contributed by atoms with van der Waals surface area (Å²) in [5.41, 5.74) is 2.50. The molecule has 0 unspecified atom stereocenters. The number of aromatic amines is 1. The zero-order valence-corrected chi connectivity index (χ0v) is 14.7. The average Bonchev–Trinajstić information content (AvgIpc) is 3.29. The minimum absolute atomic E-state index is 0.224. The number of hydrogen-bond acceptors (Lipinski definition) is 4. The second-order valence-electron chi connectivity index (χ2n) is 6.10. The van der Waals surface area contributed by atoms with Crippen molar-refractivity contribution in [2.24, 2.45) is 0 Å². The molecule has 2 aromatic carbocycles. The van der Waals surface area contributed by atoms with Gasteiger partial charge in [-0.2, -0.15) is 0 Å². The normalized spacial score (nSPS) is 11.0. The number of aliphatic carboxylic acids is 1. The molecule has 27 heavy (non-hydrogen) atoms. The van der Waals surface area contributed by atoms with Crippen molar-refractivity contribution in [1.82, 2.24) is 4.98 Å². The number of halogens is 1. The molecule has 0 saturated carbocycles. The summed E-state index contributed by atoms with van der Waals surface area (Å²) in [4.78, 5) is 27.2. The molecule has 5 nitrogen and oxygen atoms in total. The number of fused-ring (bicyclic) bond motifs is 1. The Balaban J connectivity index is 1.76. The van der Waals surface area contributed by atoms with Crippen LogP contribution in [0, 0.1) is 0 Å². The zero-order valence-electron chi connectivity index (χ0n) is 14.0. The fraction of sp³-hybridized carbons (Fsp3) is 0.0476. The third kappa shape index (κ3) is 3.25. The van der Waals surface area contributed by atoms with E-state index in [9.17, 15) is 14.7 Å². The quantitative estimate of drug-likeness (QED) is 0.537. The molecule has 4 rings (SSSR count). The van der Waals surface area contributed by atoms with E-state index in [1.807, 2.05) is 6.07 Å². The molecule has 0 saturated heterocycles. The Bertz CT molecular complexity index is 1140. The van der Waals surface area contributed by atoms with Crippen LogP contribution < -0.4 is 5.11 Å². The predicted molar refractivity (Wildman–Crippen MR) is 99.6 cm³/mol. The van der Waals surface area contributed by atoms with Gasteiger partial charge in [-0.05, 0) is 29.8 Å². The summed E-state index contributed by atoms with van der Waals surface area (Å²) in [5.74, 6) is -0.857. The Kier molecular flexibility index (Phi) is 4.30. The van der Waals surface area contributed by atoms with E-state index < -0.39 is 5.97 Å². The Hall–Kier alpha value is -3.31. The Morgan fingerprint density at radius 2 is 1.85 bits per heavy atom. The van der Waals surface area contributed by atoms with E-state index in [1.54, 1.807) is 54.8 Å². The lowest BCUT2D eigenvalue weighted by molar-refractivity contribution is -0.304. The van der Waals surface area contributed by atoms with Gasteiger partial charge in [0.15, 0.2) is 0 Å². The number of carboxylic acid groups (broad SMARTS) is 1. The van der Waals surface area contributed by atoms with Gasteiger partial charge in [0.2, 0.25) is 5.78 Å². The number of hydrogen-bond donors (Lipinski definition) is 1. The van der Waals surface area contributed by atoms with Gasteiger partial charge in [-0.1, -0.05) is 41.9 Å². The van der Waals surface area contributed by atoms with Gasteiger partial charge in [0, 0.05) is 39.4 Å². The molecule has 0 bridgehead atoms. The number of nitrogens with one attached hydrogen (secondary N) is 1. The molecule has 0 aliphatic carbocycles. The number of H-pyrrole nitrogens is 1. The lowest BCUT2D eigenvalue weighted by Gasteiger charge is -2.06. The predicted octanol–water partition coefficient (Wildman–Crippen LogP) is 3.60. The summed E-state index contributed by atoms with van der Waals surface area (Å²) in [6, 6.07) is 15.6. The average molecular weight is 379 g/mol. The Morgan fingerprint density at radius 3 is 2.52 bits per heavy atom. The SMILES string of the molecule is O=C([O-])Cc1c(C(=O)c2ccc(-c3ccco3)cc2)[nH]c2cc(Cl)ccc12. The largest absolute Gasteiger partial charge is 0.550 e. The first kappa shape index (κ1) is 17.1. The number of carbonyl (C=O) groups excluding carboxylic acids is 2. The third-order valence-corrected chi connectivity index (χ3v) is 4.60. The summed E-state index contributed by atoms with van der Waals surface area (Å²) >= 11 is 6.01.